The second-order valence-electron chi connectivity index (χ2n) is 4.51. The van der Waals surface area contributed by atoms with Crippen molar-refractivity contribution in [3.8, 4) is 0 Å². The zero-order valence-electron chi connectivity index (χ0n) is 10.2. The molecule has 1 saturated heterocycles. The second-order valence-corrected chi connectivity index (χ2v) is 4.51. The molecule has 1 atom stereocenters. The van der Waals surface area contributed by atoms with E-state index in [4.69, 9.17) is 9.47 Å². The third kappa shape index (κ3) is 10.4. The van der Waals surface area contributed by atoms with Crippen molar-refractivity contribution in [3.63, 3.8) is 0 Å². The fourth-order valence-corrected chi connectivity index (χ4v) is 1.72. The summed E-state index contributed by atoms with van der Waals surface area (Å²) >= 11 is 0. The quantitative estimate of drug-likeness (QED) is 0.392. The van der Waals surface area contributed by atoms with E-state index in [0.29, 0.717) is 6.10 Å². The predicted octanol–water partition coefficient (Wildman–Crippen LogP) is 4.18. The fraction of sp³-hybridized carbons (Fsp3) is 1.00. The third-order valence-corrected chi connectivity index (χ3v) is 2.85. The lowest BCUT2D eigenvalue weighted by Crippen LogP contribution is -2.02. The van der Waals surface area contributed by atoms with E-state index in [2.05, 4.69) is 6.92 Å². The van der Waals surface area contributed by atoms with Gasteiger partial charge in [-0.25, -0.2) is 0 Å². The summed E-state index contributed by atoms with van der Waals surface area (Å²) in [5.41, 5.74) is 0. The fourth-order valence-electron chi connectivity index (χ4n) is 1.72. The average Bonchev–Trinajstić information content (AvgIpc) is 3.05. The first-order chi connectivity index (χ1) is 7.43. The molecule has 0 aliphatic carbocycles. The average molecular weight is 230 g/mol. The lowest BCUT2D eigenvalue weighted by molar-refractivity contribution is 0.113. The van der Waals surface area contributed by atoms with Crippen molar-refractivity contribution in [1.82, 2.24) is 0 Å². The summed E-state index contributed by atoms with van der Waals surface area (Å²) in [7, 11) is 0. The van der Waals surface area contributed by atoms with Gasteiger partial charge >= 0.3 is 0 Å². The third-order valence-electron chi connectivity index (χ3n) is 2.85. The van der Waals surface area contributed by atoms with Gasteiger partial charge in [-0.05, 0) is 6.42 Å². The maximum absolute atomic E-state index is 5.48. The maximum Gasteiger partial charge on any atom is 0.104 e. The summed E-state index contributed by atoms with van der Waals surface area (Å²) in [5, 5.41) is 0. The first kappa shape index (κ1) is 15.9. The number of rotatable bonds is 11. The van der Waals surface area contributed by atoms with Crippen molar-refractivity contribution in [1.29, 1.82) is 0 Å². The largest absolute Gasteiger partial charge is 0.379 e. The lowest BCUT2D eigenvalue weighted by Gasteiger charge is -2.02. The molecule has 0 spiro atoms. The molecule has 1 fully saturated rings. The van der Waals surface area contributed by atoms with E-state index in [9.17, 15) is 0 Å². The normalized spacial score (nSPS) is 18.2. The van der Waals surface area contributed by atoms with E-state index >= 15 is 0 Å². The van der Waals surface area contributed by atoms with Crippen LogP contribution < -0.4 is 0 Å². The number of unbranched alkanes of at least 4 members (excludes halogenated alkanes) is 7. The van der Waals surface area contributed by atoms with Gasteiger partial charge in [0.05, 0.1) is 13.2 Å². The summed E-state index contributed by atoms with van der Waals surface area (Å²) in [5.74, 6) is 0. The Labute approximate surface area is 102 Å². The van der Waals surface area contributed by atoms with Gasteiger partial charge in [0.15, 0.2) is 0 Å². The zero-order valence-corrected chi connectivity index (χ0v) is 10.2. The van der Waals surface area contributed by atoms with E-state index in [-0.39, 0.29) is 7.43 Å². The van der Waals surface area contributed by atoms with Gasteiger partial charge < -0.3 is 9.47 Å². The summed E-state index contributed by atoms with van der Waals surface area (Å²) < 4.78 is 10.5. The predicted molar refractivity (Wildman–Crippen MR) is 69.9 cm³/mol. The van der Waals surface area contributed by atoms with E-state index in [1.165, 1.54) is 51.4 Å². The molecule has 2 heteroatoms. The summed E-state index contributed by atoms with van der Waals surface area (Å²) in [6.45, 7) is 4.92. The Morgan fingerprint density at radius 2 is 1.56 bits per heavy atom. The van der Waals surface area contributed by atoms with Gasteiger partial charge in [0.1, 0.15) is 6.10 Å². The van der Waals surface area contributed by atoms with Crippen LogP contribution in [0.2, 0.25) is 0 Å². The molecule has 0 saturated carbocycles. The van der Waals surface area contributed by atoms with Crippen LogP contribution in [0.3, 0.4) is 0 Å². The van der Waals surface area contributed by atoms with Crippen LogP contribution in [-0.4, -0.2) is 25.9 Å². The zero-order chi connectivity index (χ0) is 10.8. The Bertz CT molecular complexity index is 133. The van der Waals surface area contributed by atoms with E-state index in [1.54, 1.807) is 0 Å². The molecule has 0 aromatic carbocycles. The molecule has 0 amide bonds. The number of hydrogen-bond donors (Lipinski definition) is 0. The molecule has 16 heavy (non-hydrogen) atoms. The van der Waals surface area contributed by atoms with E-state index < -0.39 is 0 Å². The molecule has 1 aliphatic rings. The maximum atomic E-state index is 5.48. The Kier molecular flexibility index (Phi) is 11.3. The summed E-state index contributed by atoms with van der Waals surface area (Å²) in [4.78, 5) is 0. The summed E-state index contributed by atoms with van der Waals surface area (Å²) in [6.07, 6.45) is 11.4. The molecule has 0 N–H and O–H groups in total. The first-order valence-corrected chi connectivity index (χ1v) is 6.63. The highest BCUT2D eigenvalue weighted by Crippen LogP contribution is 2.10. The van der Waals surface area contributed by atoms with Crippen molar-refractivity contribution in [2.75, 3.05) is 19.8 Å². The Hall–Kier alpha value is -0.0800. The van der Waals surface area contributed by atoms with Crippen LogP contribution >= 0.6 is 0 Å². The Morgan fingerprint density at radius 1 is 1.00 bits per heavy atom. The molecule has 1 rings (SSSR count). The highest BCUT2D eigenvalue weighted by atomic mass is 16.6. The number of epoxide rings is 1. The van der Waals surface area contributed by atoms with E-state index in [1.807, 2.05) is 0 Å². The van der Waals surface area contributed by atoms with Crippen molar-refractivity contribution < 1.29 is 9.47 Å². The van der Waals surface area contributed by atoms with Gasteiger partial charge in [-0.2, -0.15) is 0 Å². The molecular weight excluding hydrogens is 200 g/mol. The monoisotopic (exact) mass is 230 g/mol. The minimum absolute atomic E-state index is 0. The molecule has 1 heterocycles. The second kappa shape index (κ2) is 11.4. The van der Waals surface area contributed by atoms with Crippen LogP contribution in [0.1, 0.15) is 65.7 Å². The van der Waals surface area contributed by atoms with Gasteiger partial charge in [-0.15, -0.1) is 0 Å². The van der Waals surface area contributed by atoms with Crippen LogP contribution in [0.4, 0.5) is 0 Å². The van der Waals surface area contributed by atoms with Crippen LogP contribution in [0, 0.1) is 0 Å². The minimum atomic E-state index is 0. The molecule has 0 aromatic heterocycles. The van der Waals surface area contributed by atoms with Crippen molar-refractivity contribution >= 4 is 0 Å². The molecule has 0 aromatic rings. The SMILES string of the molecule is C.CCCCCCCCCCOCC1CO1. The number of ether oxygens (including phenoxy) is 2. The van der Waals surface area contributed by atoms with Gasteiger partial charge in [0.2, 0.25) is 0 Å². The highest BCUT2D eigenvalue weighted by Gasteiger charge is 2.21. The molecule has 2 nitrogen and oxygen atoms in total. The molecule has 1 aliphatic heterocycles. The Balaban J connectivity index is 0.00000225. The van der Waals surface area contributed by atoms with Crippen LogP contribution in [0.5, 0.6) is 0 Å². The van der Waals surface area contributed by atoms with Gasteiger partial charge in [-0.3, -0.25) is 0 Å². The van der Waals surface area contributed by atoms with Crippen molar-refractivity contribution in [3.05, 3.63) is 0 Å². The molecule has 0 bridgehead atoms. The lowest BCUT2D eigenvalue weighted by atomic mass is 10.1. The smallest absolute Gasteiger partial charge is 0.104 e. The molecule has 1 unspecified atom stereocenters. The molecular formula is C14H30O2. The van der Waals surface area contributed by atoms with Crippen LogP contribution in [0.15, 0.2) is 0 Å². The molecule has 0 radical (unpaired) electrons. The standard InChI is InChI=1S/C13H26O2.CH4/c1-2-3-4-5-6-7-8-9-10-14-11-13-12-15-13;/h13H,2-12H2,1H3;1H4. The minimum Gasteiger partial charge on any atom is -0.379 e. The van der Waals surface area contributed by atoms with E-state index in [0.717, 1.165) is 19.8 Å². The first-order valence-electron chi connectivity index (χ1n) is 6.63. The van der Waals surface area contributed by atoms with Crippen LogP contribution in [0.25, 0.3) is 0 Å². The topological polar surface area (TPSA) is 21.8 Å². The molecule has 98 valence electrons. The van der Waals surface area contributed by atoms with Gasteiger partial charge in [-0.1, -0.05) is 59.3 Å². The van der Waals surface area contributed by atoms with Crippen molar-refractivity contribution in [2.45, 2.75) is 71.8 Å². The number of hydrogen-bond acceptors (Lipinski definition) is 2. The highest BCUT2D eigenvalue weighted by molar-refractivity contribution is 4.66. The Morgan fingerprint density at radius 3 is 2.12 bits per heavy atom. The van der Waals surface area contributed by atoms with Crippen molar-refractivity contribution in [2.24, 2.45) is 0 Å². The van der Waals surface area contributed by atoms with Gasteiger partial charge in [0, 0.05) is 6.61 Å². The van der Waals surface area contributed by atoms with Crippen LogP contribution in [-0.2, 0) is 9.47 Å². The van der Waals surface area contributed by atoms with Gasteiger partial charge in [0.25, 0.3) is 0 Å². The summed E-state index contributed by atoms with van der Waals surface area (Å²) in [6, 6.07) is 0.